The number of aromatic nitrogens is 2. The summed E-state index contributed by atoms with van der Waals surface area (Å²) >= 11 is 0. The Morgan fingerprint density at radius 1 is 1.54 bits per heavy atom. The molecule has 0 saturated heterocycles. The Labute approximate surface area is 73.6 Å². The van der Waals surface area contributed by atoms with E-state index in [1.165, 1.54) is 6.26 Å². The standard InChI is InChI=1S/C8H5N3O2/c9-4-3-7-10-8(11-13-7)6-2-1-5-12-6/h1-2,5H,3H2. The first kappa shape index (κ1) is 7.55. The van der Waals surface area contributed by atoms with Gasteiger partial charge in [0.2, 0.25) is 11.7 Å². The summed E-state index contributed by atoms with van der Waals surface area (Å²) in [6, 6.07) is 5.37. The van der Waals surface area contributed by atoms with E-state index in [9.17, 15) is 0 Å². The smallest absolute Gasteiger partial charge is 0.241 e. The minimum absolute atomic E-state index is 0.119. The molecule has 0 bridgehead atoms. The topological polar surface area (TPSA) is 75.8 Å². The van der Waals surface area contributed by atoms with Crippen LogP contribution in [0.3, 0.4) is 0 Å². The highest BCUT2D eigenvalue weighted by Gasteiger charge is 2.09. The van der Waals surface area contributed by atoms with Crippen LogP contribution in [0.5, 0.6) is 0 Å². The summed E-state index contributed by atoms with van der Waals surface area (Å²) in [6.07, 6.45) is 1.64. The fraction of sp³-hybridized carbons (Fsp3) is 0.125. The van der Waals surface area contributed by atoms with Crippen LogP contribution in [0.15, 0.2) is 27.3 Å². The van der Waals surface area contributed by atoms with Gasteiger partial charge in [0.25, 0.3) is 0 Å². The molecule has 2 aromatic rings. The van der Waals surface area contributed by atoms with E-state index in [1.807, 2.05) is 6.07 Å². The molecule has 0 aliphatic heterocycles. The zero-order valence-electron chi connectivity index (χ0n) is 6.60. The van der Waals surface area contributed by atoms with Crippen molar-refractivity contribution in [2.24, 2.45) is 0 Å². The second-order valence-corrected chi connectivity index (χ2v) is 2.32. The van der Waals surface area contributed by atoms with Crippen molar-refractivity contribution in [1.82, 2.24) is 10.1 Å². The molecular formula is C8H5N3O2. The van der Waals surface area contributed by atoms with E-state index in [1.54, 1.807) is 12.1 Å². The third kappa shape index (κ3) is 1.42. The maximum Gasteiger partial charge on any atom is 0.241 e. The molecule has 5 nitrogen and oxygen atoms in total. The number of nitriles is 1. The highest BCUT2D eigenvalue weighted by Crippen LogP contribution is 2.15. The van der Waals surface area contributed by atoms with Crippen molar-refractivity contribution in [3.8, 4) is 17.7 Å². The molecule has 0 saturated carbocycles. The third-order valence-electron chi connectivity index (χ3n) is 1.44. The molecule has 0 radical (unpaired) electrons. The molecule has 13 heavy (non-hydrogen) atoms. The minimum atomic E-state index is 0.119. The SMILES string of the molecule is N#CCc1nc(-c2ccco2)no1. The summed E-state index contributed by atoms with van der Waals surface area (Å²) in [5.74, 6) is 1.21. The Balaban J connectivity index is 2.29. The first-order chi connectivity index (χ1) is 6.40. The fourth-order valence-corrected chi connectivity index (χ4v) is 0.900. The predicted molar refractivity (Wildman–Crippen MR) is 41.3 cm³/mol. The molecule has 0 atom stereocenters. The van der Waals surface area contributed by atoms with E-state index in [2.05, 4.69) is 10.1 Å². The fourth-order valence-electron chi connectivity index (χ4n) is 0.900. The summed E-state index contributed by atoms with van der Waals surface area (Å²) in [7, 11) is 0. The zero-order chi connectivity index (χ0) is 9.10. The number of furan rings is 1. The van der Waals surface area contributed by atoms with E-state index >= 15 is 0 Å². The molecule has 2 aromatic heterocycles. The Kier molecular flexibility index (Phi) is 1.81. The van der Waals surface area contributed by atoms with Gasteiger partial charge in [-0.05, 0) is 12.1 Å². The van der Waals surface area contributed by atoms with Gasteiger partial charge in [-0.25, -0.2) is 0 Å². The predicted octanol–water partition coefficient (Wildman–Crippen LogP) is 1.40. The summed E-state index contributed by atoms with van der Waals surface area (Å²) in [6.45, 7) is 0. The van der Waals surface area contributed by atoms with Crippen LogP contribution >= 0.6 is 0 Å². The van der Waals surface area contributed by atoms with Gasteiger partial charge in [0.1, 0.15) is 6.42 Å². The molecule has 0 fully saturated rings. The van der Waals surface area contributed by atoms with Crippen molar-refractivity contribution in [3.05, 3.63) is 24.3 Å². The molecule has 0 aromatic carbocycles. The number of rotatable bonds is 2. The normalized spacial score (nSPS) is 9.77. The molecule has 0 amide bonds. The van der Waals surface area contributed by atoms with Crippen molar-refractivity contribution in [1.29, 1.82) is 5.26 Å². The second-order valence-electron chi connectivity index (χ2n) is 2.32. The molecule has 0 aliphatic rings. The summed E-state index contributed by atoms with van der Waals surface area (Å²) in [5.41, 5.74) is 0. The van der Waals surface area contributed by atoms with Crippen molar-refractivity contribution >= 4 is 0 Å². The molecule has 5 heteroatoms. The Bertz CT molecular complexity index is 424. The van der Waals surface area contributed by atoms with E-state index < -0.39 is 0 Å². The maximum absolute atomic E-state index is 8.36. The Morgan fingerprint density at radius 3 is 3.15 bits per heavy atom. The van der Waals surface area contributed by atoms with E-state index in [-0.39, 0.29) is 6.42 Å². The van der Waals surface area contributed by atoms with Crippen molar-refractivity contribution in [3.63, 3.8) is 0 Å². The summed E-state index contributed by atoms with van der Waals surface area (Å²) < 4.78 is 9.83. The van der Waals surface area contributed by atoms with Crippen LogP contribution in [0.2, 0.25) is 0 Å². The van der Waals surface area contributed by atoms with E-state index in [4.69, 9.17) is 14.2 Å². The monoisotopic (exact) mass is 175 g/mol. The molecule has 0 spiro atoms. The van der Waals surface area contributed by atoms with Crippen molar-refractivity contribution in [2.45, 2.75) is 6.42 Å². The zero-order valence-corrected chi connectivity index (χ0v) is 6.60. The average molecular weight is 175 g/mol. The summed E-state index contributed by atoms with van der Waals surface area (Å²) in [4.78, 5) is 3.95. The lowest BCUT2D eigenvalue weighted by atomic mass is 10.4. The molecule has 2 rings (SSSR count). The van der Waals surface area contributed by atoms with Gasteiger partial charge in [-0.3, -0.25) is 0 Å². The van der Waals surface area contributed by atoms with Gasteiger partial charge in [0.15, 0.2) is 5.76 Å². The van der Waals surface area contributed by atoms with E-state index in [0.717, 1.165) is 0 Å². The molecule has 64 valence electrons. The Morgan fingerprint density at radius 2 is 2.46 bits per heavy atom. The maximum atomic E-state index is 8.36. The van der Waals surface area contributed by atoms with Crippen molar-refractivity contribution < 1.29 is 8.94 Å². The molecule has 2 heterocycles. The van der Waals surface area contributed by atoms with Crippen LogP contribution in [-0.2, 0) is 6.42 Å². The highest BCUT2D eigenvalue weighted by molar-refractivity contribution is 5.44. The van der Waals surface area contributed by atoms with Gasteiger partial charge in [0.05, 0.1) is 12.3 Å². The Hall–Kier alpha value is -2.09. The van der Waals surface area contributed by atoms with Crippen molar-refractivity contribution in [2.75, 3.05) is 0 Å². The van der Waals surface area contributed by atoms with Gasteiger partial charge >= 0.3 is 0 Å². The quantitative estimate of drug-likeness (QED) is 0.689. The van der Waals surface area contributed by atoms with Crippen LogP contribution < -0.4 is 0 Å². The van der Waals surface area contributed by atoms with E-state index in [0.29, 0.717) is 17.5 Å². The first-order valence-electron chi connectivity index (χ1n) is 3.63. The van der Waals surface area contributed by atoms with Gasteiger partial charge in [0, 0.05) is 0 Å². The highest BCUT2D eigenvalue weighted by atomic mass is 16.5. The van der Waals surface area contributed by atoms with Crippen LogP contribution in [0.4, 0.5) is 0 Å². The van der Waals surface area contributed by atoms with Gasteiger partial charge in [-0.1, -0.05) is 5.16 Å². The molecule has 0 aliphatic carbocycles. The number of hydrogen-bond acceptors (Lipinski definition) is 5. The second kappa shape index (κ2) is 3.11. The van der Waals surface area contributed by atoms with Crippen LogP contribution in [0, 0.1) is 11.3 Å². The van der Waals surface area contributed by atoms with Crippen LogP contribution in [-0.4, -0.2) is 10.1 Å². The lowest BCUT2D eigenvalue weighted by molar-refractivity contribution is 0.386. The van der Waals surface area contributed by atoms with Crippen LogP contribution in [0.25, 0.3) is 11.6 Å². The molecular weight excluding hydrogens is 170 g/mol. The lowest BCUT2D eigenvalue weighted by Gasteiger charge is -1.81. The van der Waals surface area contributed by atoms with Gasteiger partial charge in [-0.2, -0.15) is 10.2 Å². The first-order valence-corrected chi connectivity index (χ1v) is 3.63. The molecule has 0 unspecified atom stereocenters. The average Bonchev–Trinajstić information content (AvgIpc) is 2.70. The number of hydrogen-bond donors (Lipinski definition) is 0. The summed E-state index contributed by atoms with van der Waals surface area (Å²) in [5, 5.41) is 12.0. The minimum Gasteiger partial charge on any atom is -0.461 e. The van der Waals surface area contributed by atoms with Gasteiger partial charge in [-0.15, -0.1) is 0 Å². The van der Waals surface area contributed by atoms with Crippen LogP contribution in [0.1, 0.15) is 5.89 Å². The molecule has 0 N–H and O–H groups in total. The largest absolute Gasteiger partial charge is 0.461 e. The van der Waals surface area contributed by atoms with Gasteiger partial charge < -0.3 is 8.94 Å². The lowest BCUT2D eigenvalue weighted by Crippen LogP contribution is -1.80. The third-order valence-corrected chi connectivity index (χ3v) is 1.44. The number of nitrogens with zero attached hydrogens (tertiary/aromatic N) is 3.